The van der Waals surface area contributed by atoms with Crippen LogP contribution >= 0.6 is 11.6 Å². The Balaban J connectivity index is 2.91. The zero-order valence-corrected chi connectivity index (χ0v) is 8.72. The fourth-order valence-corrected chi connectivity index (χ4v) is 1.49. The van der Waals surface area contributed by atoms with E-state index in [0.29, 0.717) is 23.7 Å². The van der Waals surface area contributed by atoms with Crippen molar-refractivity contribution in [3.8, 4) is 0 Å². The van der Waals surface area contributed by atoms with E-state index in [9.17, 15) is 4.39 Å². The Bertz CT molecular complexity index is 286. The fourth-order valence-electron chi connectivity index (χ4n) is 1.26. The number of hydrogen-bond acceptors (Lipinski definition) is 2. The smallest absolute Gasteiger partial charge is 0.125 e. The first kappa shape index (κ1) is 11.4. The Morgan fingerprint density at radius 1 is 1.50 bits per heavy atom. The van der Waals surface area contributed by atoms with Crippen molar-refractivity contribution >= 4 is 11.6 Å². The molecule has 14 heavy (non-hydrogen) atoms. The summed E-state index contributed by atoms with van der Waals surface area (Å²) >= 11 is 5.71. The van der Waals surface area contributed by atoms with Crippen molar-refractivity contribution in [2.75, 3.05) is 13.2 Å². The van der Waals surface area contributed by atoms with Crippen LogP contribution < -0.4 is 5.73 Å². The van der Waals surface area contributed by atoms with Crippen molar-refractivity contribution in [1.82, 2.24) is 0 Å². The van der Waals surface area contributed by atoms with Gasteiger partial charge >= 0.3 is 0 Å². The van der Waals surface area contributed by atoms with Gasteiger partial charge in [0, 0.05) is 18.2 Å². The Hall–Kier alpha value is -0.640. The van der Waals surface area contributed by atoms with Crippen LogP contribution in [0.15, 0.2) is 18.2 Å². The van der Waals surface area contributed by atoms with Gasteiger partial charge < -0.3 is 10.5 Å². The normalized spacial score (nSPS) is 12.9. The number of ether oxygens (including phenoxy) is 1. The van der Waals surface area contributed by atoms with Crippen LogP contribution in [0, 0.1) is 5.82 Å². The van der Waals surface area contributed by atoms with Crippen LogP contribution in [0.3, 0.4) is 0 Å². The third-order valence-electron chi connectivity index (χ3n) is 1.84. The van der Waals surface area contributed by atoms with E-state index in [2.05, 4.69) is 0 Å². The highest BCUT2D eigenvalue weighted by atomic mass is 35.5. The molecule has 0 aliphatic heterocycles. The lowest BCUT2D eigenvalue weighted by molar-refractivity contribution is 0.0686. The van der Waals surface area contributed by atoms with Gasteiger partial charge in [-0.25, -0.2) is 4.39 Å². The summed E-state index contributed by atoms with van der Waals surface area (Å²) in [5, 5.41) is 0.359. The summed E-state index contributed by atoms with van der Waals surface area (Å²) in [6, 6.07) is 4.31. The molecule has 78 valence electrons. The molecule has 0 bridgehead atoms. The van der Waals surface area contributed by atoms with E-state index >= 15 is 0 Å². The average molecular weight is 218 g/mol. The lowest BCUT2D eigenvalue weighted by Gasteiger charge is -2.15. The summed E-state index contributed by atoms with van der Waals surface area (Å²) in [6.07, 6.45) is -0.284. The summed E-state index contributed by atoms with van der Waals surface area (Å²) in [4.78, 5) is 0. The Morgan fingerprint density at radius 2 is 2.21 bits per heavy atom. The topological polar surface area (TPSA) is 35.2 Å². The third-order valence-corrected chi connectivity index (χ3v) is 2.06. The second-order valence-corrected chi connectivity index (χ2v) is 3.32. The van der Waals surface area contributed by atoms with Crippen LogP contribution in [0.4, 0.5) is 4.39 Å². The lowest BCUT2D eigenvalue weighted by atomic mass is 10.1. The molecule has 0 radical (unpaired) electrons. The van der Waals surface area contributed by atoms with Crippen molar-refractivity contribution in [2.45, 2.75) is 13.0 Å². The highest BCUT2D eigenvalue weighted by molar-refractivity contribution is 6.30. The Morgan fingerprint density at radius 3 is 2.71 bits per heavy atom. The monoisotopic (exact) mass is 217 g/mol. The van der Waals surface area contributed by atoms with Crippen LogP contribution in [-0.4, -0.2) is 13.2 Å². The Kier molecular flexibility index (Phi) is 4.32. The second kappa shape index (κ2) is 5.29. The van der Waals surface area contributed by atoms with Gasteiger partial charge in [0.2, 0.25) is 0 Å². The van der Waals surface area contributed by atoms with Crippen molar-refractivity contribution < 1.29 is 9.13 Å². The predicted molar refractivity (Wildman–Crippen MR) is 54.8 cm³/mol. The molecule has 2 nitrogen and oxygen atoms in total. The van der Waals surface area contributed by atoms with Crippen molar-refractivity contribution in [2.24, 2.45) is 5.73 Å². The number of halogens is 2. The van der Waals surface area contributed by atoms with Gasteiger partial charge in [-0.05, 0) is 30.7 Å². The van der Waals surface area contributed by atoms with E-state index in [0.717, 1.165) is 0 Å². The molecule has 0 aliphatic carbocycles. The number of rotatable bonds is 4. The maximum atomic E-state index is 13.0. The lowest BCUT2D eigenvalue weighted by Crippen LogP contribution is -2.15. The summed E-state index contributed by atoms with van der Waals surface area (Å²) in [7, 11) is 0. The van der Waals surface area contributed by atoms with Crippen LogP contribution in [0.5, 0.6) is 0 Å². The summed E-state index contributed by atoms with van der Waals surface area (Å²) < 4.78 is 18.3. The summed E-state index contributed by atoms with van der Waals surface area (Å²) in [5.74, 6) is -0.370. The average Bonchev–Trinajstić information content (AvgIpc) is 2.12. The SMILES string of the molecule is CCOC(CN)c1cc(F)cc(Cl)c1. The summed E-state index contributed by atoms with van der Waals surface area (Å²) in [6.45, 7) is 2.72. The fraction of sp³-hybridized carbons (Fsp3) is 0.400. The van der Waals surface area contributed by atoms with Crippen molar-refractivity contribution in [1.29, 1.82) is 0 Å². The molecule has 1 atom stereocenters. The highest BCUT2D eigenvalue weighted by Gasteiger charge is 2.11. The van der Waals surface area contributed by atoms with Gasteiger partial charge in [-0.1, -0.05) is 11.6 Å². The largest absolute Gasteiger partial charge is 0.372 e. The van der Waals surface area contributed by atoms with Gasteiger partial charge in [-0.2, -0.15) is 0 Å². The van der Waals surface area contributed by atoms with Crippen LogP contribution in [0.2, 0.25) is 5.02 Å². The highest BCUT2D eigenvalue weighted by Crippen LogP contribution is 2.21. The minimum absolute atomic E-state index is 0.284. The Labute approximate surface area is 87.8 Å². The maximum Gasteiger partial charge on any atom is 0.125 e. The van der Waals surface area contributed by atoms with E-state index < -0.39 is 0 Å². The molecule has 0 fully saturated rings. The zero-order chi connectivity index (χ0) is 10.6. The molecular weight excluding hydrogens is 205 g/mol. The molecule has 0 saturated carbocycles. The molecule has 0 saturated heterocycles. The maximum absolute atomic E-state index is 13.0. The summed E-state index contributed by atoms with van der Waals surface area (Å²) in [5.41, 5.74) is 6.18. The molecule has 1 aromatic carbocycles. The number of benzene rings is 1. The molecule has 0 aromatic heterocycles. The molecule has 0 heterocycles. The molecule has 0 amide bonds. The van der Waals surface area contributed by atoms with Gasteiger partial charge in [0.1, 0.15) is 5.82 Å². The molecule has 1 rings (SSSR count). The van der Waals surface area contributed by atoms with E-state index in [4.69, 9.17) is 22.1 Å². The first-order valence-corrected chi connectivity index (χ1v) is 4.82. The van der Waals surface area contributed by atoms with E-state index in [-0.39, 0.29) is 11.9 Å². The van der Waals surface area contributed by atoms with Gasteiger partial charge in [0.25, 0.3) is 0 Å². The molecular formula is C10H13ClFNO. The number of nitrogens with two attached hydrogens (primary N) is 1. The van der Waals surface area contributed by atoms with Crippen molar-refractivity contribution in [3.63, 3.8) is 0 Å². The van der Waals surface area contributed by atoms with Crippen molar-refractivity contribution in [3.05, 3.63) is 34.6 Å². The molecule has 0 spiro atoms. The van der Waals surface area contributed by atoms with E-state index in [1.807, 2.05) is 6.92 Å². The van der Waals surface area contributed by atoms with Gasteiger partial charge in [0.05, 0.1) is 6.10 Å². The number of hydrogen-bond donors (Lipinski definition) is 1. The second-order valence-electron chi connectivity index (χ2n) is 2.88. The molecule has 2 N–H and O–H groups in total. The van der Waals surface area contributed by atoms with Crippen LogP contribution in [-0.2, 0) is 4.74 Å². The molecule has 4 heteroatoms. The van der Waals surface area contributed by atoms with Crippen LogP contribution in [0.1, 0.15) is 18.6 Å². The predicted octanol–water partition coefficient (Wildman–Crippen LogP) is 2.52. The quantitative estimate of drug-likeness (QED) is 0.841. The standard InChI is InChI=1S/C10H13ClFNO/c1-2-14-10(6-13)7-3-8(11)5-9(12)4-7/h3-5,10H,2,6,13H2,1H3. The minimum atomic E-state index is -0.370. The first-order chi connectivity index (χ1) is 6.67. The molecule has 1 unspecified atom stereocenters. The van der Waals surface area contributed by atoms with Gasteiger partial charge in [0.15, 0.2) is 0 Å². The zero-order valence-electron chi connectivity index (χ0n) is 7.97. The van der Waals surface area contributed by atoms with E-state index in [1.54, 1.807) is 6.07 Å². The van der Waals surface area contributed by atoms with Gasteiger partial charge in [-0.15, -0.1) is 0 Å². The molecule has 0 aliphatic rings. The van der Waals surface area contributed by atoms with Crippen LogP contribution in [0.25, 0.3) is 0 Å². The minimum Gasteiger partial charge on any atom is -0.372 e. The third kappa shape index (κ3) is 2.94. The van der Waals surface area contributed by atoms with E-state index in [1.165, 1.54) is 12.1 Å². The first-order valence-electron chi connectivity index (χ1n) is 4.45. The van der Waals surface area contributed by atoms with Gasteiger partial charge in [-0.3, -0.25) is 0 Å². The molecule has 1 aromatic rings.